The van der Waals surface area contributed by atoms with Crippen LogP contribution in [0.1, 0.15) is 22.3 Å². The van der Waals surface area contributed by atoms with Gasteiger partial charge in [-0.1, -0.05) is 54.6 Å². The van der Waals surface area contributed by atoms with Crippen molar-refractivity contribution in [3.63, 3.8) is 0 Å². The minimum absolute atomic E-state index is 0.103. The third-order valence-electron chi connectivity index (χ3n) is 7.80. The summed E-state index contributed by atoms with van der Waals surface area (Å²) in [4.78, 5) is 0. The van der Waals surface area contributed by atoms with Crippen molar-refractivity contribution < 1.29 is 26.3 Å². The van der Waals surface area contributed by atoms with Gasteiger partial charge >= 0.3 is 12.4 Å². The second kappa shape index (κ2) is 9.38. The number of hydrogen-bond acceptors (Lipinski definition) is 2. The van der Waals surface area contributed by atoms with Crippen LogP contribution in [0.5, 0.6) is 0 Å². The number of fused-ring (bicyclic) bond motifs is 7. The first kappa shape index (κ1) is 27.1. The molecule has 7 aromatic rings. The zero-order valence-corrected chi connectivity index (χ0v) is 22.3. The molecule has 0 atom stereocenters. The molecule has 0 aliphatic heterocycles. The van der Waals surface area contributed by atoms with E-state index in [0.717, 1.165) is 5.39 Å². The molecule has 0 unspecified atom stereocenters. The van der Waals surface area contributed by atoms with E-state index in [1.165, 1.54) is 4.57 Å². The van der Waals surface area contributed by atoms with Gasteiger partial charge in [0.05, 0.1) is 50.0 Å². The van der Waals surface area contributed by atoms with Crippen molar-refractivity contribution in [3.8, 4) is 23.5 Å². The van der Waals surface area contributed by atoms with Crippen LogP contribution >= 0.6 is 0 Å². The summed E-state index contributed by atoms with van der Waals surface area (Å²) in [5, 5.41) is 22.6. The fourth-order valence-electron chi connectivity index (χ4n) is 6.03. The SMILES string of the molecule is N#Cc1cccc(C#N)c1-n1c2ccccc2c2ccc3c4ccccc4n(-c4cc(C(F)(F)F)cc(C(F)(F)F)c4)c3c21. The average molecular weight is 595 g/mol. The van der Waals surface area contributed by atoms with Crippen molar-refractivity contribution in [3.05, 3.63) is 119 Å². The van der Waals surface area contributed by atoms with Gasteiger partial charge in [0, 0.05) is 27.2 Å². The molecule has 0 saturated carbocycles. The monoisotopic (exact) mass is 594 g/mol. The maximum atomic E-state index is 14.0. The lowest BCUT2D eigenvalue weighted by Gasteiger charge is -2.17. The fourth-order valence-corrected chi connectivity index (χ4v) is 6.03. The Morgan fingerprint density at radius 3 is 1.43 bits per heavy atom. The molecule has 0 radical (unpaired) electrons. The molecular formula is C34H16F6N4. The quantitative estimate of drug-likeness (QED) is 0.187. The highest BCUT2D eigenvalue weighted by Crippen LogP contribution is 2.44. The molecule has 5 aromatic carbocycles. The predicted octanol–water partition coefficient (Wildman–Crippen LogP) is 9.66. The van der Waals surface area contributed by atoms with Gasteiger partial charge in [0.1, 0.15) is 12.1 Å². The summed E-state index contributed by atoms with van der Waals surface area (Å²) in [5.74, 6) is 0. The van der Waals surface area contributed by atoms with Crippen LogP contribution in [0, 0.1) is 22.7 Å². The average Bonchev–Trinajstić information content (AvgIpc) is 3.52. The van der Waals surface area contributed by atoms with Crippen molar-refractivity contribution in [2.45, 2.75) is 12.4 Å². The minimum atomic E-state index is -5.05. The van der Waals surface area contributed by atoms with Crippen LogP contribution in [0.4, 0.5) is 26.3 Å². The number of nitrogens with zero attached hydrogens (tertiary/aromatic N) is 4. The summed E-state index contributed by atoms with van der Waals surface area (Å²) in [6.45, 7) is 0. The summed E-state index contributed by atoms with van der Waals surface area (Å²) in [6.07, 6.45) is -10.1. The van der Waals surface area contributed by atoms with E-state index < -0.39 is 23.5 Å². The standard InChI is InChI=1S/C34H16F6N4/c35-33(36,37)21-14-22(34(38,39)40)16-23(15-21)43-28-10-3-1-8-24(28)26-12-13-27-25-9-2-4-11-29(25)44(32(27)31(26)43)30-19(17-41)6-5-7-20(30)18-42/h1-16H. The van der Waals surface area contributed by atoms with E-state index in [1.807, 2.05) is 12.1 Å². The zero-order valence-electron chi connectivity index (χ0n) is 22.3. The number of alkyl halides is 6. The van der Waals surface area contributed by atoms with Gasteiger partial charge in [0.25, 0.3) is 0 Å². The van der Waals surface area contributed by atoms with Crippen molar-refractivity contribution in [1.29, 1.82) is 10.5 Å². The first-order valence-corrected chi connectivity index (χ1v) is 13.2. The molecule has 10 heteroatoms. The number of halogens is 6. The van der Waals surface area contributed by atoms with Crippen molar-refractivity contribution in [1.82, 2.24) is 9.13 Å². The zero-order chi connectivity index (χ0) is 31.0. The largest absolute Gasteiger partial charge is 0.416 e. The van der Waals surface area contributed by atoms with E-state index in [9.17, 15) is 36.9 Å². The van der Waals surface area contributed by atoms with Gasteiger partial charge in [-0.3, -0.25) is 0 Å². The van der Waals surface area contributed by atoms with E-state index in [0.29, 0.717) is 50.4 Å². The maximum Gasteiger partial charge on any atom is 0.416 e. The van der Waals surface area contributed by atoms with Crippen molar-refractivity contribution >= 4 is 43.6 Å². The van der Waals surface area contributed by atoms with E-state index >= 15 is 0 Å². The lowest BCUT2D eigenvalue weighted by molar-refractivity contribution is -0.143. The van der Waals surface area contributed by atoms with Gasteiger partial charge in [-0.2, -0.15) is 36.9 Å². The summed E-state index contributed by atoms with van der Waals surface area (Å²) < 4.78 is 87.2. The fraction of sp³-hybridized carbons (Fsp3) is 0.0588. The molecule has 0 aliphatic rings. The van der Waals surface area contributed by atoms with E-state index in [-0.39, 0.29) is 28.6 Å². The Balaban J connectivity index is 1.77. The van der Waals surface area contributed by atoms with Crippen LogP contribution in [0.3, 0.4) is 0 Å². The molecule has 0 bridgehead atoms. The highest BCUT2D eigenvalue weighted by atomic mass is 19.4. The van der Waals surface area contributed by atoms with Crippen molar-refractivity contribution in [2.75, 3.05) is 0 Å². The molecule has 0 N–H and O–H groups in total. The van der Waals surface area contributed by atoms with Gasteiger partial charge in [-0.15, -0.1) is 0 Å². The van der Waals surface area contributed by atoms with Crippen LogP contribution in [-0.4, -0.2) is 9.13 Å². The second-order valence-electron chi connectivity index (χ2n) is 10.3. The molecule has 0 fully saturated rings. The normalized spacial score (nSPS) is 12.3. The lowest BCUT2D eigenvalue weighted by atomic mass is 10.1. The molecule has 0 spiro atoms. The molecule has 0 aliphatic carbocycles. The number of aromatic nitrogens is 2. The number of benzene rings is 5. The van der Waals surface area contributed by atoms with Gasteiger partial charge in [0.15, 0.2) is 0 Å². The Morgan fingerprint density at radius 1 is 0.500 bits per heavy atom. The Hall–Kier alpha value is -5.74. The van der Waals surface area contributed by atoms with Crippen LogP contribution in [0.15, 0.2) is 97.1 Å². The van der Waals surface area contributed by atoms with E-state index in [4.69, 9.17) is 0 Å². The summed E-state index contributed by atoms with van der Waals surface area (Å²) >= 11 is 0. The summed E-state index contributed by atoms with van der Waals surface area (Å²) in [6, 6.07) is 28.0. The van der Waals surface area contributed by atoms with E-state index in [1.54, 1.807) is 71.3 Å². The minimum Gasteiger partial charge on any atom is -0.307 e. The van der Waals surface area contributed by atoms with Gasteiger partial charge < -0.3 is 9.13 Å². The molecule has 4 nitrogen and oxygen atoms in total. The van der Waals surface area contributed by atoms with Crippen LogP contribution < -0.4 is 0 Å². The smallest absolute Gasteiger partial charge is 0.307 e. The molecule has 2 heterocycles. The van der Waals surface area contributed by atoms with Crippen LogP contribution in [0.2, 0.25) is 0 Å². The van der Waals surface area contributed by atoms with Crippen molar-refractivity contribution in [2.24, 2.45) is 0 Å². The van der Waals surface area contributed by atoms with Crippen LogP contribution in [0.25, 0.3) is 55.0 Å². The first-order chi connectivity index (χ1) is 21.0. The molecule has 0 saturated heterocycles. The number of hydrogen-bond donors (Lipinski definition) is 0. The highest BCUT2D eigenvalue weighted by molar-refractivity contribution is 6.24. The van der Waals surface area contributed by atoms with Gasteiger partial charge in [-0.05, 0) is 42.5 Å². The number of nitriles is 2. The lowest BCUT2D eigenvalue weighted by Crippen LogP contribution is -2.12. The number of rotatable bonds is 2. The van der Waals surface area contributed by atoms with E-state index in [2.05, 4.69) is 12.1 Å². The predicted molar refractivity (Wildman–Crippen MR) is 155 cm³/mol. The third-order valence-corrected chi connectivity index (χ3v) is 7.80. The molecule has 2 aromatic heterocycles. The first-order valence-electron chi connectivity index (χ1n) is 13.2. The molecule has 44 heavy (non-hydrogen) atoms. The summed E-state index contributed by atoms with van der Waals surface area (Å²) in [5.41, 5.74) is -0.891. The van der Waals surface area contributed by atoms with Gasteiger partial charge in [-0.25, -0.2) is 0 Å². The molecule has 7 rings (SSSR count). The Labute approximate surface area is 244 Å². The Kier molecular flexibility index (Phi) is 5.78. The second-order valence-corrected chi connectivity index (χ2v) is 10.3. The Bertz CT molecular complexity index is 2330. The molecule has 214 valence electrons. The van der Waals surface area contributed by atoms with Crippen LogP contribution in [-0.2, 0) is 12.4 Å². The summed E-state index contributed by atoms with van der Waals surface area (Å²) in [7, 11) is 0. The molecular weight excluding hydrogens is 578 g/mol. The maximum absolute atomic E-state index is 14.0. The topological polar surface area (TPSA) is 57.4 Å². The third kappa shape index (κ3) is 3.92. The highest BCUT2D eigenvalue weighted by Gasteiger charge is 2.37. The molecule has 0 amide bonds. The number of para-hydroxylation sites is 3. The van der Waals surface area contributed by atoms with Gasteiger partial charge in [0.2, 0.25) is 0 Å². The Morgan fingerprint density at radius 2 is 0.955 bits per heavy atom.